The molecule has 0 saturated heterocycles. The highest BCUT2D eigenvalue weighted by Crippen LogP contribution is 2.18. The van der Waals surface area contributed by atoms with Crippen molar-refractivity contribution in [2.75, 3.05) is 17.2 Å². The number of anilines is 2. The first-order valence-corrected chi connectivity index (χ1v) is 10.3. The van der Waals surface area contributed by atoms with Crippen molar-refractivity contribution in [3.05, 3.63) is 89.2 Å². The summed E-state index contributed by atoms with van der Waals surface area (Å²) in [4.78, 5) is 36.0. The van der Waals surface area contributed by atoms with Crippen molar-refractivity contribution in [2.24, 2.45) is 5.10 Å². The fourth-order valence-electron chi connectivity index (χ4n) is 2.84. The molecule has 0 atom stereocenters. The molecule has 3 aromatic rings. The minimum atomic E-state index is -0.990. The highest BCUT2D eigenvalue weighted by Gasteiger charge is 2.13. The molecule has 0 bridgehead atoms. The van der Waals surface area contributed by atoms with Crippen LogP contribution in [0.25, 0.3) is 0 Å². The van der Waals surface area contributed by atoms with Crippen LogP contribution >= 0.6 is 0 Å². The lowest BCUT2D eigenvalue weighted by atomic mass is 10.1. The summed E-state index contributed by atoms with van der Waals surface area (Å²) in [6.07, 6.45) is 1.33. The Labute approximate surface area is 195 Å². The van der Waals surface area contributed by atoms with Crippen LogP contribution < -0.4 is 20.8 Å². The van der Waals surface area contributed by atoms with Crippen LogP contribution in [0.1, 0.15) is 16.7 Å². The van der Waals surface area contributed by atoms with Gasteiger partial charge in [-0.15, -0.1) is 0 Å². The number of carbonyl (C=O) groups excluding carboxylic acids is 3. The van der Waals surface area contributed by atoms with Gasteiger partial charge in [0, 0.05) is 11.4 Å². The minimum absolute atomic E-state index is 0.186. The van der Waals surface area contributed by atoms with E-state index < -0.39 is 17.6 Å². The molecule has 0 radical (unpaired) electrons. The molecule has 174 valence electrons. The molecule has 3 aromatic carbocycles. The van der Waals surface area contributed by atoms with Gasteiger partial charge in [-0.2, -0.15) is 5.10 Å². The van der Waals surface area contributed by atoms with Crippen LogP contribution in [-0.4, -0.2) is 30.5 Å². The second-order valence-corrected chi connectivity index (χ2v) is 7.32. The number of ether oxygens (including phenoxy) is 1. The zero-order chi connectivity index (χ0) is 24.5. The lowest BCUT2D eigenvalue weighted by Gasteiger charge is -2.11. The topological polar surface area (TPSA) is 109 Å². The van der Waals surface area contributed by atoms with E-state index in [1.165, 1.54) is 18.3 Å². The summed E-state index contributed by atoms with van der Waals surface area (Å²) in [7, 11) is 0. The van der Waals surface area contributed by atoms with Gasteiger partial charge in [-0.1, -0.05) is 24.3 Å². The van der Waals surface area contributed by atoms with Gasteiger partial charge < -0.3 is 15.4 Å². The molecule has 8 nitrogen and oxygen atoms in total. The molecule has 0 aliphatic heterocycles. The normalized spacial score (nSPS) is 10.6. The van der Waals surface area contributed by atoms with E-state index in [0.29, 0.717) is 11.3 Å². The number of aryl methyl sites for hydroxylation is 1. The summed E-state index contributed by atoms with van der Waals surface area (Å²) in [5, 5.41) is 8.90. The monoisotopic (exact) mass is 462 g/mol. The number of benzene rings is 3. The highest BCUT2D eigenvalue weighted by molar-refractivity contribution is 6.39. The molecule has 0 aliphatic carbocycles. The quantitative estimate of drug-likeness (QED) is 0.283. The summed E-state index contributed by atoms with van der Waals surface area (Å²) in [5.74, 6) is -2.26. The Hall–Kier alpha value is -4.53. The van der Waals surface area contributed by atoms with E-state index in [1.807, 2.05) is 32.0 Å². The van der Waals surface area contributed by atoms with Gasteiger partial charge in [0.05, 0.1) is 6.21 Å². The smallest absolute Gasteiger partial charge is 0.329 e. The molecular formula is C25H23FN4O4. The third kappa shape index (κ3) is 6.99. The standard InChI is InChI=1S/C25H23FN4O4/c1-16-5-3-8-22(17(16)2)29-23(31)15-34-21-7-4-6-18(13-21)14-27-30-25(33)24(32)28-20-11-9-19(26)10-12-20/h3-14H,15H2,1-2H3,(H,28,32)(H,29,31)(H,30,33)/b27-14-. The van der Waals surface area contributed by atoms with E-state index in [4.69, 9.17) is 4.74 Å². The largest absolute Gasteiger partial charge is 0.484 e. The summed E-state index contributed by atoms with van der Waals surface area (Å²) in [5.41, 5.74) is 5.75. The van der Waals surface area contributed by atoms with E-state index in [-0.39, 0.29) is 18.2 Å². The average molecular weight is 462 g/mol. The van der Waals surface area contributed by atoms with Crippen molar-refractivity contribution >= 4 is 35.3 Å². The van der Waals surface area contributed by atoms with Crippen molar-refractivity contribution in [1.29, 1.82) is 0 Å². The summed E-state index contributed by atoms with van der Waals surface area (Å²) in [6, 6.07) is 17.3. The number of hydrogen-bond acceptors (Lipinski definition) is 5. The van der Waals surface area contributed by atoms with Crippen LogP contribution in [-0.2, 0) is 14.4 Å². The van der Waals surface area contributed by atoms with E-state index in [2.05, 4.69) is 21.2 Å². The van der Waals surface area contributed by atoms with Crippen LogP contribution in [0.15, 0.2) is 71.8 Å². The number of rotatable bonds is 7. The Morgan fingerprint density at radius 1 is 0.941 bits per heavy atom. The third-order valence-electron chi connectivity index (χ3n) is 4.79. The van der Waals surface area contributed by atoms with Gasteiger partial charge in [-0.3, -0.25) is 14.4 Å². The SMILES string of the molecule is Cc1cccc(NC(=O)COc2cccc(/C=N\NC(=O)C(=O)Nc3ccc(F)cc3)c2)c1C. The van der Waals surface area contributed by atoms with Crippen molar-refractivity contribution in [3.63, 3.8) is 0 Å². The third-order valence-corrected chi connectivity index (χ3v) is 4.79. The van der Waals surface area contributed by atoms with E-state index >= 15 is 0 Å². The summed E-state index contributed by atoms with van der Waals surface area (Å²) in [6.45, 7) is 3.71. The van der Waals surface area contributed by atoms with Crippen molar-refractivity contribution in [3.8, 4) is 5.75 Å². The average Bonchev–Trinajstić information content (AvgIpc) is 2.82. The van der Waals surface area contributed by atoms with Crippen molar-refractivity contribution in [1.82, 2.24) is 5.43 Å². The van der Waals surface area contributed by atoms with E-state index in [1.54, 1.807) is 24.3 Å². The molecular weight excluding hydrogens is 439 g/mol. The predicted molar refractivity (Wildman–Crippen MR) is 127 cm³/mol. The van der Waals surface area contributed by atoms with Crippen molar-refractivity contribution in [2.45, 2.75) is 13.8 Å². The molecule has 9 heteroatoms. The highest BCUT2D eigenvalue weighted by atomic mass is 19.1. The maximum Gasteiger partial charge on any atom is 0.329 e. The number of amides is 3. The first kappa shape index (κ1) is 24.1. The minimum Gasteiger partial charge on any atom is -0.484 e. The molecule has 0 fully saturated rings. The molecule has 0 unspecified atom stereocenters. The molecule has 0 saturated carbocycles. The molecule has 3 rings (SSSR count). The van der Waals surface area contributed by atoms with Gasteiger partial charge >= 0.3 is 11.8 Å². The predicted octanol–water partition coefficient (Wildman–Crippen LogP) is 3.55. The molecule has 0 heterocycles. The maximum atomic E-state index is 12.9. The van der Waals surface area contributed by atoms with Gasteiger partial charge in [0.25, 0.3) is 5.91 Å². The van der Waals surface area contributed by atoms with Gasteiger partial charge in [0.2, 0.25) is 0 Å². The second-order valence-electron chi connectivity index (χ2n) is 7.32. The molecule has 34 heavy (non-hydrogen) atoms. The molecule has 3 amide bonds. The Bertz CT molecular complexity index is 1230. The summed E-state index contributed by atoms with van der Waals surface area (Å²) < 4.78 is 18.4. The maximum absolute atomic E-state index is 12.9. The molecule has 0 spiro atoms. The van der Waals surface area contributed by atoms with Gasteiger partial charge in [-0.25, -0.2) is 9.82 Å². The molecule has 3 N–H and O–H groups in total. The molecule has 0 aliphatic rings. The second kappa shape index (κ2) is 11.4. The van der Waals surface area contributed by atoms with E-state index in [9.17, 15) is 18.8 Å². The van der Waals surface area contributed by atoms with Crippen molar-refractivity contribution < 1.29 is 23.5 Å². The fourth-order valence-corrected chi connectivity index (χ4v) is 2.84. The first-order chi connectivity index (χ1) is 16.3. The van der Waals surface area contributed by atoms with Crippen LogP contribution in [0.4, 0.5) is 15.8 Å². The van der Waals surface area contributed by atoms with Crippen LogP contribution in [0.3, 0.4) is 0 Å². The van der Waals surface area contributed by atoms with Gasteiger partial charge in [0.1, 0.15) is 11.6 Å². The van der Waals surface area contributed by atoms with Gasteiger partial charge in [0.15, 0.2) is 6.61 Å². The molecule has 0 aromatic heterocycles. The lowest BCUT2D eigenvalue weighted by Crippen LogP contribution is -2.32. The lowest BCUT2D eigenvalue weighted by molar-refractivity contribution is -0.136. The van der Waals surface area contributed by atoms with E-state index in [0.717, 1.165) is 28.9 Å². The zero-order valence-corrected chi connectivity index (χ0v) is 18.6. The van der Waals surface area contributed by atoms with Crippen LogP contribution in [0.5, 0.6) is 5.75 Å². The van der Waals surface area contributed by atoms with Crippen LogP contribution in [0, 0.1) is 19.7 Å². The number of hydrazone groups is 1. The number of nitrogens with one attached hydrogen (secondary N) is 3. The number of nitrogens with zero attached hydrogens (tertiary/aromatic N) is 1. The van der Waals surface area contributed by atoms with Gasteiger partial charge in [-0.05, 0) is 73.0 Å². The Kier molecular flexibility index (Phi) is 8.07. The Balaban J connectivity index is 1.49. The Morgan fingerprint density at radius 3 is 2.44 bits per heavy atom. The summed E-state index contributed by atoms with van der Waals surface area (Å²) >= 11 is 0. The first-order valence-electron chi connectivity index (χ1n) is 10.3. The zero-order valence-electron chi connectivity index (χ0n) is 18.6. The number of hydrogen-bond donors (Lipinski definition) is 3. The number of halogens is 1. The Morgan fingerprint density at radius 2 is 1.68 bits per heavy atom. The fraction of sp³-hybridized carbons (Fsp3) is 0.120. The number of carbonyl (C=O) groups is 3. The van der Waals surface area contributed by atoms with Crippen LogP contribution in [0.2, 0.25) is 0 Å².